The van der Waals surface area contributed by atoms with Gasteiger partial charge < -0.3 is 20.3 Å². The molecule has 180 valence electrons. The Balaban J connectivity index is 1.50. The Morgan fingerprint density at radius 2 is 1.79 bits per heavy atom. The summed E-state index contributed by atoms with van der Waals surface area (Å²) in [7, 11) is 1.59. The lowest BCUT2D eigenvalue weighted by atomic mass is 9.98. The second kappa shape index (κ2) is 9.33. The largest absolute Gasteiger partial charge is 0.496 e. The van der Waals surface area contributed by atoms with E-state index in [9.17, 15) is 14.4 Å². The molecule has 34 heavy (non-hydrogen) atoms. The van der Waals surface area contributed by atoms with E-state index in [4.69, 9.17) is 4.74 Å². The van der Waals surface area contributed by atoms with Crippen LogP contribution >= 0.6 is 11.8 Å². The fraction of sp³-hybridized carbons (Fsp3) is 0.423. The van der Waals surface area contributed by atoms with Gasteiger partial charge in [0.05, 0.1) is 7.11 Å². The van der Waals surface area contributed by atoms with Crippen molar-refractivity contribution in [3.05, 3.63) is 65.2 Å². The summed E-state index contributed by atoms with van der Waals surface area (Å²) in [6, 6.07) is 13.6. The molecule has 1 unspecified atom stereocenters. The number of fused-ring (bicyclic) bond motifs is 3. The minimum atomic E-state index is -0.734. The summed E-state index contributed by atoms with van der Waals surface area (Å²) >= 11 is 1.61. The van der Waals surface area contributed by atoms with Crippen LogP contribution in [0.3, 0.4) is 0 Å². The molecule has 2 N–H and O–H groups in total. The van der Waals surface area contributed by atoms with Crippen molar-refractivity contribution < 1.29 is 19.1 Å². The number of ether oxygens (including phenoxy) is 1. The first-order chi connectivity index (χ1) is 16.2. The Morgan fingerprint density at radius 3 is 2.50 bits per heavy atom. The first kappa shape index (κ1) is 24.1. The molecule has 2 aliphatic rings. The Bertz CT molecular complexity index is 1120. The highest BCUT2D eigenvalue weighted by molar-refractivity contribution is 8.01. The summed E-state index contributed by atoms with van der Waals surface area (Å²) in [6.45, 7) is 8.02. The highest BCUT2D eigenvalue weighted by Gasteiger charge is 2.57. The average molecular weight is 482 g/mol. The minimum absolute atomic E-state index is 0.138. The first-order valence-corrected chi connectivity index (χ1v) is 12.3. The van der Waals surface area contributed by atoms with Crippen LogP contribution in [0.2, 0.25) is 0 Å². The van der Waals surface area contributed by atoms with E-state index < -0.39 is 16.8 Å². The van der Waals surface area contributed by atoms with Gasteiger partial charge in [0.15, 0.2) is 0 Å². The predicted octanol–water partition coefficient (Wildman–Crippen LogP) is 3.50. The number of hydrogen-bond acceptors (Lipinski definition) is 5. The number of amides is 3. The van der Waals surface area contributed by atoms with Crippen molar-refractivity contribution in [3.63, 3.8) is 0 Å². The van der Waals surface area contributed by atoms with Gasteiger partial charge in [-0.15, -0.1) is 11.8 Å². The maximum absolute atomic E-state index is 13.6. The highest BCUT2D eigenvalue weighted by Crippen LogP contribution is 2.56. The van der Waals surface area contributed by atoms with Crippen LogP contribution in [-0.4, -0.2) is 46.6 Å². The first-order valence-electron chi connectivity index (χ1n) is 11.4. The molecule has 4 rings (SSSR count). The number of hydrogen-bond donors (Lipinski definition) is 2. The number of para-hydroxylation sites is 1. The zero-order chi connectivity index (χ0) is 24.6. The van der Waals surface area contributed by atoms with Crippen LogP contribution in [0.15, 0.2) is 48.5 Å². The minimum Gasteiger partial charge on any atom is -0.496 e. The van der Waals surface area contributed by atoms with E-state index >= 15 is 0 Å². The van der Waals surface area contributed by atoms with E-state index in [0.29, 0.717) is 11.3 Å². The molecule has 2 heterocycles. The fourth-order valence-corrected chi connectivity index (χ4v) is 6.30. The molecule has 3 atom stereocenters. The molecule has 1 saturated heterocycles. The molecule has 1 fully saturated rings. The van der Waals surface area contributed by atoms with Crippen molar-refractivity contribution >= 4 is 29.5 Å². The normalized spacial score (nSPS) is 21.1. The van der Waals surface area contributed by atoms with Gasteiger partial charge in [-0.3, -0.25) is 14.4 Å². The molecule has 0 radical (unpaired) electrons. The molecule has 0 spiro atoms. The summed E-state index contributed by atoms with van der Waals surface area (Å²) in [5, 5.41) is 5.67. The van der Waals surface area contributed by atoms with Gasteiger partial charge in [-0.25, -0.2) is 0 Å². The standard InChI is InChI=1S/C26H31N3O4S/c1-15(2)20(22(30)27-14-16-10-6-9-13-19(16)33-5)28-23(31)21-26(3,4)34-25-18-12-8-7-11-17(18)24(32)29(21)25/h6-13,15,20-21,25H,14H2,1-5H3,(H,27,30)(H,28,31)/t20-,21+,25?/m0/s1. The van der Waals surface area contributed by atoms with Gasteiger partial charge in [0.1, 0.15) is 23.2 Å². The number of rotatable bonds is 7. The zero-order valence-electron chi connectivity index (χ0n) is 20.1. The molecule has 3 amide bonds. The van der Waals surface area contributed by atoms with Gasteiger partial charge in [0.25, 0.3) is 5.91 Å². The van der Waals surface area contributed by atoms with Crippen LogP contribution in [0.4, 0.5) is 0 Å². The maximum atomic E-state index is 13.6. The number of methoxy groups -OCH3 is 1. The van der Waals surface area contributed by atoms with Crippen molar-refractivity contribution in [1.82, 2.24) is 15.5 Å². The van der Waals surface area contributed by atoms with Crippen molar-refractivity contribution in [1.29, 1.82) is 0 Å². The van der Waals surface area contributed by atoms with E-state index in [2.05, 4.69) is 10.6 Å². The van der Waals surface area contributed by atoms with Gasteiger partial charge in [0, 0.05) is 22.4 Å². The number of thioether (sulfide) groups is 1. The van der Waals surface area contributed by atoms with Crippen LogP contribution in [0, 0.1) is 5.92 Å². The van der Waals surface area contributed by atoms with E-state index in [0.717, 1.165) is 11.1 Å². The van der Waals surface area contributed by atoms with Gasteiger partial charge in [-0.2, -0.15) is 0 Å². The number of benzene rings is 2. The SMILES string of the molecule is COc1ccccc1CNC(=O)[C@@H](NC(=O)[C@H]1N2C(=O)c3ccccc3C2SC1(C)C)C(C)C. The Kier molecular flexibility index (Phi) is 6.62. The monoisotopic (exact) mass is 481 g/mol. The summed E-state index contributed by atoms with van der Waals surface area (Å²) in [5.41, 5.74) is 2.43. The maximum Gasteiger partial charge on any atom is 0.256 e. The lowest BCUT2D eigenvalue weighted by molar-refractivity contribution is -0.132. The zero-order valence-corrected chi connectivity index (χ0v) is 20.9. The van der Waals surface area contributed by atoms with Gasteiger partial charge in [-0.1, -0.05) is 50.2 Å². The Hall–Kier alpha value is -3.00. The predicted molar refractivity (Wildman–Crippen MR) is 132 cm³/mol. The molecule has 2 aliphatic heterocycles. The third-order valence-corrected chi connectivity index (χ3v) is 7.97. The number of nitrogens with one attached hydrogen (secondary N) is 2. The second-order valence-electron chi connectivity index (χ2n) is 9.54. The molecule has 8 heteroatoms. The summed E-state index contributed by atoms with van der Waals surface area (Å²) in [5.74, 6) is -0.171. The Labute approximate surface area is 204 Å². The smallest absolute Gasteiger partial charge is 0.256 e. The molecule has 0 bridgehead atoms. The van der Waals surface area contributed by atoms with Crippen molar-refractivity contribution in [2.45, 2.75) is 56.4 Å². The summed E-state index contributed by atoms with van der Waals surface area (Å²) in [4.78, 5) is 41.5. The van der Waals surface area contributed by atoms with Crippen LogP contribution in [-0.2, 0) is 16.1 Å². The topological polar surface area (TPSA) is 87.7 Å². The molecular weight excluding hydrogens is 450 g/mol. The van der Waals surface area contributed by atoms with E-state index in [1.165, 1.54) is 0 Å². The van der Waals surface area contributed by atoms with E-state index in [1.54, 1.807) is 29.8 Å². The van der Waals surface area contributed by atoms with Crippen molar-refractivity contribution in [2.24, 2.45) is 5.92 Å². The van der Waals surface area contributed by atoms with Crippen molar-refractivity contribution in [2.75, 3.05) is 7.11 Å². The molecule has 0 aliphatic carbocycles. The summed E-state index contributed by atoms with van der Waals surface area (Å²) < 4.78 is 4.85. The van der Waals surface area contributed by atoms with Gasteiger partial charge >= 0.3 is 0 Å². The highest BCUT2D eigenvalue weighted by atomic mass is 32.2. The summed E-state index contributed by atoms with van der Waals surface area (Å²) in [6.07, 6.45) is 0. The molecule has 7 nitrogen and oxygen atoms in total. The van der Waals surface area contributed by atoms with Gasteiger partial charge in [-0.05, 0) is 37.5 Å². The Morgan fingerprint density at radius 1 is 1.12 bits per heavy atom. The number of carbonyl (C=O) groups excluding carboxylic acids is 3. The van der Waals surface area contributed by atoms with Crippen molar-refractivity contribution in [3.8, 4) is 5.75 Å². The quantitative estimate of drug-likeness (QED) is 0.632. The van der Waals surface area contributed by atoms with Crippen LogP contribution < -0.4 is 15.4 Å². The van der Waals surface area contributed by atoms with E-state index in [1.807, 2.05) is 70.2 Å². The van der Waals surface area contributed by atoms with Crippen LogP contribution in [0.5, 0.6) is 5.75 Å². The number of nitrogens with zero attached hydrogens (tertiary/aromatic N) is 1. The van der Waals surface area contributed by atoms with Gasteiger partial charge in [0.2, 0.25) is 11.8 Å². The third-order valence-electron chi connectivity index (χ3n) is 6.44. The fourth-order valence-electron chi connectivity index (χ4n) is 4.71. The average Bonchev–Trinajstić information content (AvgIpc) is 3.24. The van der Waals surface area contributed by atoms with Crippen LogP contribution in [0.1, 0.15) is 54.6 Å². The lowest BCUT2D eigenvalue weighted by Crippen LogP contribution is -2.58. The number of carbonyl (C=O) groups is 3. The molecule has 2 aromatic rings. The third kappa shape index (κ3) is 4.27. The molecular formula is C26H31N3O4S. The second-order valence-corrected chi connectivity index (χ2v) is 11.3. The lowest BCUT2D eigenvalue weighted by Gasteiger charge is -2.32. The molecule has 2 aromatic carbocycles. The molecule has 0 saturated carbocycles. The van der Waals surface area contributed by atoms with Crippen LogP contribution in [0.25, 0.3) is 0 Å². The van der Waals surface area contributed by atoms with E-state index in [-0.39, 0.29) is 35.6 Å². The molecule has 0 aromatic heterocycles.